The van der Waals surface area contributed by atoms with E-state index in [4.69, 9.17) is 15.2 Å². The topological polar surface area (TPSA) is 127 Å². The average Bonchev–Trinajstić information content (AvgIpc) is 2.55. The predicted molar refractivity (Wildman–Crippen MR) is 74.6 cm³/mol. The Morgan fingerprint density at radius 2 is 1.88 bits per heavy atom. The molecule has 3 N–H and O–H groups in total. The number of hydrogen-bond donors (Lipinski definition) is 3. The summed E-state index contributed by atoms with van der Waals surface area (Å²) >= 11 is 0. The van der Waals surface area contributed by atoms with Crippen LogP contribution in [0.1, 0.15) is 11.3 Å². The number of halogens is 3. The third kappa shape index (κ3) is 4.92. The highest BCUT2D eigenvalue weighted by molar-refractivity contribution is 5.73. The van der Waals surface area contributed by atoms with E-state index >= 15 is 0 Å². The number of aliphatic hydroxyl groups excluding tert-OH is 1. The van der Waals surface area contributed by atoms with Gasteiger partial charge in [0, 0.05) is 18.0 Å². The Labute approximate surface area is 132 Å². The number of nitriles is 1. The van der Waals surface area contributed by atoms with Crippen molar-refractivity contribution in [3.8, 4) is 17.2 Å². The molecule has 10 heteroatoms. The summed E-state index contributed by atoms with van der Waals surface area (Å²) in [5.74, 6) is -2.76. The summed E-state index contributed by atoms with van der Waals surface area (Å²) in [5.41, 5.74) is 1.34. The summed E-state index contributed by atoms with van der Waals surface area (Å²) in [4.78, 5) is 26.7. The quantitative estimate of drug-likeness (QED) is 0.758. The van der Waals surface area contributed by atoms with Gasteiger partial charge in [0.2, 0.25) is 0 Å². The molecule has 2 rings (SSSR count). The number of nitrogens with one attached hydrogen (secondary N) is 1. The van der Waals surface area contributed by atoms with Gasteiger partial charge in [0.1, 0.15) is 11.6 Å². The van der Waals surface area contributed by atoms with Crippen molar-refractivity contribution < 1.29 is 28.2 Å². The maximum absolute atomic E-state index is 11.4. The summed E-state index contributed by atoms with van der Waals surface area (Å²) in [6.07, 6.45) is -1.87. The molecule has 2 aromatic heterocycles. The Balaban J connectivity index is 0.000000351. The molecule has 24 heavy (non-hydrogen) atoms. The van der Waals surface area contributed by atoms with E-state index in [0.29, 0.717) is 11.3 Å². The highest BCUT2D eigenvalue weighted by Gasteiger charge is 2.38. The van der Waals surface area contributed by atoms with Crippen LogP contribution in [-0.2, 0) is 11.4 Å². The van der Waals surface area contributed by atoms with Gasteiger partial charge in [-0.15, -0.1) is 0 Å². The monoisotopic (exact) mass is 341 g/mol. The van der Waals surface area contributed by atoms with Gasteiger partial charge in [-0.3, -0.25) is 9.78 Å². The van der Waals surface area contributed by atoms with Crippen LogP contribution in [0.3, 0.4) is 0 Å². The molecule has 7 nitrogen and oxygen atoms in total. The molecule has 0 aliphatic carbocycles. The van der Waals surface area contributed by atoms with Gasteiger partial charge < -0.3 is 15.2 Å². The van der Waals surface area contributed by atoms with E-state index in [-0.39, 0.29) is 12.2 Å². The lowest BCUT2D eigenvalue weighted by Gasteiger charge is -2.07. The molecule has 0 fully saturated rings. The van der Waals surface area contributed by atoms with Crippen molar-refractivity contribution >= 4 is 5.97 Å². The number of aromatic nitrogens is 2. The predicted octanol–water partition coefficient (Wildman–Crippen LogP) is 1.43. The van der Waals surface area contributed by atoms with Crippen LogP contribution in [0.4, 0.5) is 13.2 Å². The first-order chi connectivity index (χ1) is 11.2. The number of rotatable bonds is 2. The second-order valence-electron chi connectivity index (χ2n) is 4.21. The SMILES string of the molecule is N#Cc1cc(-c2ccncc2)c(CO)[nH]c1=O.O=C(O)C(F)(F)F. The number of hydrogen-bond acceptors (Lipinski definition) is 5. The second-order valence-corrected chi connectivity index (χ2v) is 4.21. The second kappa shape index (κ2) is 7.89. The van der Waals surface area contributed by atoms with Crippen molar-refractivity contribution in [2.75, 3.05) is 0 Å². The molecule has 0 aliphatic rings. The summed E-state index contributed by atoms with van der Waals surface area (Å²) in [5, 5.41) is 25.1. The van der Waals surface area contributed by atoms with Crippen molar-refractivity contribution in [2.45, 2.75) is 12.8 Å². The molecule has 0 unspecified atom stereocenters. The molecule has 0 bridgehead atoms. The van der Waals surface area contributed by atoms with Crippen molar-refractivity contribution in [1.29, 1.82) is 5.26 Å². The molecule has 0 aromatic carbocycles. The maximum atomic E-state index is 11.4. The van der Waals surface area contributed by atoms with Crippen molar-refractivity contribution in [3.05, 3.63) is 52.2 Å². The highest BCUT2D eigenvalue weighted by Crippen LogP contribution is 2.21. The lowest BCUT2D eigenvalue weighted by Crippen LogP contribution is -2.21. The summed E-state index contributed by atoms with van der Waals surface area (Å²) in [6.45, 7) is -0.293. The number of H-pyrrole nitrogens is 1. The van der Waals surface area contributed by atoms with E-state index in [1.54, 1.807) is 24.5 Å². The zero-order valence-electron chi connectivity index (χ0n) is 11.8. The van der Waals surface area contributed by atoms with Crippen molar-refractivity contribution in [2.24, 2.45) is 0 Å². The molecule has 0 saturated heterocycles. The molecule has 126 valence electrons. The normalized spacial score (nSPS) is 10.3. The van der Waals surface area contributed by atoms with Crippen LogP contribution in [-0.4, -0.2) is 32.3 Å². The van der Waals surface area contributed by atoms with E-state index < -0.39 is 17.7 Å². The number of aliphatic carboxylic acids is 1. The highest BCUT2D eigenvalue weighted by atomic mass is 19.4. The number of pyridine rings is 2. The Morgan fingerprint density at radius 1 is 1.33 bits per heavy atom. The van der Waals surface area contributed by atoms with Gasteiger partial charge in [0.25, 0.3) is 5.56 Å². The van der Waals surface area contributed by atoms with Crippen molar-refractivity contribution in [1.82, 2.24) is 9.97 Å². The lowest BCUT2D eigenvalue weighted by molar-refractivity contribution is -0.192. The molecule has 0 amide bonds. The van der Waals surface area contributed by atoms with Gasteiger partial charge in [-0.05, 0) is 23.8 Å². The molecule has 0 atom stereocenters. The summed E-state index contributed by atoms with van der Waals surface area (Å²) in [6, 6.07) is 6.78. The van der Waals surface area contributed by atoms with Crippen LogP contribution in [0.25, 0.3) is 11.1 Å². The van der Waals surface area contributed by atoms with Gasteiger partial charge in [-0.1, -0.05) is 0 Å². The Kier molecular flexibility index (Phi) is 6.20. The molecule has 0 aliphatic heterocycles. The van der Waals surface area contributed by atoms with Crippen LogP contribution in [0.5, 0.6) is 0 Å². The van der Waals surface area contributed by atoms with Crippen LogP contribution in [0.15, 0.2) is 35.4 Å². The number of aromatic amines is 1. The lowest BCUT2D eigenvalue weighted by atomic mass is 10.0. The first kappa shape index (κ1) is 18.9. The molecule has 0 radical (unpaired) electrons. The van der Waals surface area contributed by atoms with E-state index in [2.05, 4.69) is 9.97 Å². The average molecular weight is 341 g/mol. The van der Waals surface area contributed by atoms with Crippen molar-refractivity contribution in [3.63, 3.8) is 0 Å². The van der Waals surface area contributed by atoms with E-state index in [1.165, 1.54) is 6.07 Å². The van der Waals surface area contributed by atoms with Gasteiger partial charge in [-0.25, -0.2) is 4.79 Å². The number of nitrogens with zero attached hydrogens (tertiary/aromatic N) is 2. The fourth-order valence-electron chi connectivity index (χ4n) is 1.57. The summed E-state index contributed by atoms with van der Waals surface area (Å²) in [7, 11) is 0. The van der Waals surface area contributed by atoms with E-state index in [9.17, 15) is 23.1 Å². The van der Waals surface area contributed by atoms with Gasteiger partial charge in [0.15, 0.2) is 0 Å². The van der Waals surface area contributed by atoms with E-state index in [1.807, 2.05) is 6.07 Å². The number of carboxylic acids is 1. The molecule has 0 spiro atoms. The smallest absolute Gasteiger partial charge is 0.475 e. The first-order valence-electron chi connectivity index (χ1n) is 6.18. The standard InChI is InChI=1S/C12H9N3O2.C2HF3O2/c13-6-9-5-10(8-1-3-14-4-2-8)11(7-16)15-12(9)17;3-2(4,5)1(6)7/h1-5,16H,7H2,(H,15,17);(H,6,7). The Morgan fingerprint density at radius 3 is 2.29 bits per heavy atom. The fraction of sp³-hybridized carbons (Fsp3) is 0.143. The van der Waals surface area contributed by atoms with Crippen LogP contribution >= 0.6 is 0 Å². The number of alkyl halides is 3. The number of aliphatic hydroxyl groups is 1. The van der Waals surface area contributed by atoms with Gasteiger partial charge >= 0.3 is 12.1 Å². The molecular weight excluding hydrogens is 331 g/mol. The first-order valence-corrected chi connectivity index (χ1v) is 6.18. The molecule has 0 saturated carbocycles. The zero-order chi connectivity index (χ0) is 18.3. The fourth-order valence-corrected chi connectivity index (χ4v) is 1.57. The third-order valence-electron chi connectivity index (χ3n) is 2.64. The molecule has 2 heterocycles. The Bertz CT molecular complexity index is 811. The minimum Gasteiger partial charge on any atom is -0.475 e. The van der Waals surface area contributed by atoms with Crippen LogP contribution in [0.2, 0.25) is 0 Å². The summed E-state index contributed by atoms with van der Waals surface area (Å²) < 4.78 is 31.7. The van der Waals surface area contributed by atoms with Crippen LogP contribution in [0, 0.1) is 11.3 Å². The van der Waals surface area contributed by atoms with Gasteiger partial charge in [0.05, 0.1) is 12.3 Å². The molecule has 2 aromatic rings. The largest absolute Gasteiger partial charge is 0.490 e. The maximum Gasteiger partial charge on any atom is 0.490 e. The molecular formula is C14H10F3N3O4. The minimum atomic E-state index is -5.08. The third-order valence-corrected chi connectivity index (χ3v) is 2.64. The minimum absolute atomic E-state index is 0.0222. The number of carboxylic acid groups (broad SMARTS) is 1. The zero-order valence-corrected chi connectivity index (χ0v) is 11.8. The van der Waals surface area contributed by atoms with Crippen LogP contribution < -0.4 is 5.56 Å². The van der Waals surface area contributed by atoms with E-state index in [0.717, 1.165) is 5.56 Å². The Hall–Kier alpha value is -3.19. The number of carbonyl (C=O) groups is 1. The van der Waals surface area contributed by atoms with Gasteiger partial charge in [-0.2, -0.15) is 18.4 Å².